The molecule has 1 nitrogen and oxygen atoms in total. The smallest absolute Gasteiger partial charge is 0.123 e. The van der Waals surface area contributed by atoms with Gasteiger partial charge in [-0.15, -0.1) is 0 Å². The Morgan fingerprint density at radius 2 is 2.00 bits per heavy atom. The fourth-order valence-corrected chi connectivity index (χ4v) is 2.77. The molecule has 0 aliphatic rings. The summed E-state index contributed by atoms with van der Waals surface area (Å²) in [4.78, 5) is 0. The minimum atomic E-state index is -0.171. The number of halogens is 2. The number of likely N-dealkylation sites (N-methyl/N-ethyl adjacent to an activating group) is 1. The topological polar surface area (TPSA) is 12.0 Å². The number of benzene rings is 2. The van der Waals surface area contributed by atoms with Crippen molar-refractivity contribution < 1.29 is 4.39 Å². The van der Waals surface area contributed by atoms with Crippen LogP contribution in [0.2, 0.25) is 0 Å². The van der Waals surface area contributed by atoms with Crippen molar-refractivity contribution in [2.45, 2.75) is 26.3 Å². The van der Waals surface area contributed by atoms with E-state index in [1.165, 1.54) is 11.6 Å². The van der Waals surface area contributed by atoms with E-state index in [4.69, 9.17) is 0 Å². The second kappa shape index (κ2) is 7.00. The van der Waals surface area contributed by atoms with E-state index in [1.807, 2.05) is 25.1 Å². The number of nitrogens with one attached hydrogen (secondary N) is 1. The Morgan fingerprint density at radius 3 is 2.70 bits per heavy atom. The molecule has 0 bridgehead atoms. The predicted molar refractivity (Wildman–Crippen MR) is 85.4 cm³/mol. The van der Waals surface area contributed by atoms with Crippen molar-refractivity contribution in [1.29, 1.82) is 0 Å². The molecule has 1 atom stereocenters. The van der Waals surface area contributed by atoms with E-state index >= 15 is 0 Å². The lowest BCUT2D eigenvalue weighted by Crippen LogP contribution is -2.23. The van der Waals surface area contributed by atoms with Gasteiger partial charge in [-0.05, 0) is 60.8 Å². The van der Waals surface area contributed by atoms with Gasteiger partial charge in [0.1, 0.15) is 5.82 Å². The number of hydrogen-bond acceptors (Lipinski definition) is 1. The lowest BCUT2D eigenvalue weighted by atomic mass is 9.96. The molecule has 0 radical (unpaired) electrons. The molecule has 0 aromatic heterocycles. The summed E-state index contributed by atoms with van der Waals surface area (Å²) in [5, 5.41) is 3.48. The number of hydrogen-bond donors (Lipinski definition) is 1. The van der Waals surface area contributed by atoms with Gasteiger partial charge < -0.3 is 5.32 Å². The highest BCUT2D eigenvalue weighted by Crippen LogP contribution is 2.23. The van der Waals surface area contributed by atoms with Gasteiger partial charge in [-0.1, -0.05) is 41.1 Å². The molecule has 0 spiro atoms. The van der Waals surface area contributed by atoms with Crippen LogP contribution in [0.4, 0.5) is 4.39 Å². The summed E-state index contributed by atoms with van der Waals surface area (Å²) in [5.41, 5.74) is 3.39. The van der Waals surface area contributed by atoms with Crippen LogP contribution in [0.5, 0.6) is 0 Å². The van der Waals surface area contributed by atoms with Gasteiger partial charge in [0.2, 0.25) is 0 Å². The zero-order valence-electron chi connectivity index (χ0n) is 11.8. The molecule has 0 amide bonds. The molecule has 0 aliphatic carbocycles. The molecule has 0 saturated heterocycles. The van der Waals surface area contributed by atoms with Gasteiger partial charge >= 0.3 is 0 Å². The first-order valence-corrected chi connectivity index (χ1v) is 7.63. The molecule has 2 aromatic carbocycles. The third kappa shape index (κ3) is 3.90. The predicted octanol–water partition coefficient (Wildman–Crippen LogP) is 4.79. The van der Waals surface area contributed by atoms with Crippen LogP contribution in [0.15, 0.2) is 46.9 Å². The summed E-state index contributed by atoms with van der Waals surface area (Å²) in [5.74, 6) is -0.171. The molecular weight excluding hydrogens is 317 g/mol. The van der Waals surface area contributed by atoms with Crippen molar-refractivity contribution in [3.05, 3.63) is 69.4 Å². The molecule has 2 rings (SSSR count). The molecule has 0 aliphatic heterocycles. The number of rotatable bonds is 5. The Bertz CT molecular complexity index is 583. The Kier molecular flexibility index (Phi) is 5.32. The second-order valence-electron chi connectivity index (χ2n) is 4.94. The molecule has 0 heterocycles. The van der Waals surface area contributed by atoms with E-state index < -0.39 is 0 Å². The highest BCUT2D eigenvalue weighted by Gasteiger charge is 2.13. The maximum Gasteiger partial charge on any atom is 0.123 e. The van der Waals surface area contributed by atoms with Crippen molar-refractivity contribution in [1.82, 2.24) is 5.32 Å². The van der Waals surface area contributed by atoms with Crippen LogP contribution in [0.3, 0.4) is 0 Å². The summed E-state index contributed by atoms with van der Waals surface area (Å²) in [6.45, 7) is 4.99. The van der Waals surface area contributed by atoms with E-state index in [2.05, 4.69) is 40.3 Å². The lowest BCUT2D eigenvalue weighted by molar-refractivity contribution is 0.545. The standard InChI is InChI=1S/C17H19BrFN/c1-3-20-17(13-5-4-6-15(18)9-13)11-14-10-16(19)8-7-12(14)2/h4-10,17,20H,3,11H2,1-2H3. The normalized spacial score (nSPS) is 12.4. The van der Waals surface area contributed by atoms with Gasteiger partial charge in [-0.3, -0.25) is 0 Å². The van der Waals surface area contributed by atoms with Crippen LogP contribution in [0.25, 0.3) is 0 Å². The van der Waals surface area contributed by atoms with E-state index in [9.17, 15) is 4.39 Å². The molecule has 1 unspecified atom stereocenters. The summed E-state index contributed by atoms with van der Waals surface area (Å²) in [7, 11) is 0. The summed E-state index contributed by atoms with van der Waals surface area (Å²) >= 11 is 3.51. The van der Waals surface area contributed by atoms with E-state index in [1.54, 1.807) is 6.07 Å². The van der Waals surface area contributed by atoms with E-state index in [0.717, 1.165) is 28.6 Å². The average Bonchev–Trinajstić information content (AvgIpc) is 2.42. The van der Waals surface area contributed by atoms with Crippen molar-refractivity contribution in [2.24, 2.45) is 0 Å². The Hall–Kier alpha value is -1.19. The molecule has 106 valence electrons. The Balaban J connectivity index is 2.27. The van der Waals surface area contributed by atoms with Crippen molar-refractivity contribution in [3.63, 3.8) is 0 Å². The summed E-state index contributed by atoms with van der Waals surface area (Å²) < 4.78 is 14.5. The third-order valence-electron chi connectivity index (χ3n) is 3.44. The molecule has 2 aromatic rings. The van der Waals surface area contributed by atoms with Crippen molar-refractivity contribution in [2.75, 3.05) is 6.54 Å². The monoisotopic (exact) mass is 335 g/mol. The van der Waals surface area contributed by atoms with E-state index in [0.29, 0.717) is 0 Å². The molecule has 3 heteroatoms. The van der Waals surface area contributed by atoms with Gasteiger partial charge in [-0.25, -0.2) is 4.39 Å². The lowest BCUT2D eigenvalue weighted by Gasteiger charge is -2.20. The first kappa shape index (κ1) is 15.2. The first-order chi connectivity index (χ1) is 9.60. The van der Waals surface area contributed by atoms with Gasteiger partial charge in [0.25, 0.3) is 0 Å². The van der Waals surface area contributed by atoms with Gasteiger partial charge in [0, 0.05) is 10.5 Å². The van der Waals surface area contributed by atoms with Crippen LogP contribution in [0, 0.1) is 12.7 Å². The van der Waals surface area contributed by atoms with Crippen LogP contribution >= 0.6 is 15.9 Å². The van der Waals surface area contributed by atoms with E-state index in [-0.39, 0.29) is 11.9 Å². The highest BCUT2D eigenvalue weighted by atomic mass is 79.9. The minimum Gasteiger partial charge on any atom is -0.310 e. The Labute approximate surface area is 128 Å². The zero-order chi connectivity index (χ0) is 14.5. The van der Waals surface area contributed by atoms with Crippen LogP contribution < -0.4 is 5.32 Å². The van der Waals surface area contributed by atoms with Crippen LogP contribution in [-0.4, -0.2) is 6.54 Å². The van der Waals surface area contributed by atoms with Crippen molar-refractivity contribution >= 4 is 15.9 Å². The third-order valence-corrected chi connectivity index (χ3v) is 3.93. The van der Waals surface area contributed by atoms with Crippen LogP contribution in [-0.2, 0) is 6.42 Å². The zero-order valence-corrected chi connectivity index (χ0v) is 13.4. The Morgan fingerprint density at radius 1 is 1.20 bits per heavy atom. The fourth-order valence-electron chi connectivity index (χ4n) is 2.36. The quantitative estimate of drug-likeness (QED) is 0.828. The van der Waals surface area contributed by atoms with Crippen LogP contribution in [0.1, 0.15) is 29.7 Å². The van der Waals surface area contributed by atoms with Gasteiger partial charge in [-0.2, -0.15) is 0 Å². The second-order valence-corrected chi connectivity index (χ2v) is 5.86. The highest BCUT2D eigenvalue weighted by molar-refractivity contribution is 9.10. The maximum atomic E-state index is 13.4. The maximum absolute atomic E-state index is 13.4. The largest absolute Gasteiger partial charge is 0.310 e. The molecule has 20 heavy (non-hydrogen) atoms. The molecule has 0 saturated carbocycles. The first-order valence-electron chi connectivity index (χ1n) is 6.84. The van der Waals surface area contributed by atoms with Crippen molar-refractivity contribution in [3.8, 4) is 0 Å². The molecule has 0 fully saturated rings. The molecular formula is C17H19BrFN. The van der Waals surface area contributed by atoms with Gasteiger partial charge in [0.05, 0.1) is 0 Å². The van der Waals surface area contributed by atoms with Gasteiger partial charge in [0.15, 0.2) is 0 Å². The average molecular weight is 336 g/mol. The SMILES string of the molecule is CCNC(Cc1cc(F)ccc1C)c1cccc(Br)c1. The summed E-state index contributed by atoms with van der Waals surface area (Å²) in [6, 6.07) is 13.4. The summed E-state index contributed by atoms with van der Waals surface area (Å²) in [6.07, 6.45) is 0.786. The number of aryl methyl sites for hydroxylation is 1. The fraction of sp³-hybridized carbons (Fsp3) is 0.294. The minimum absolute atomic E-state index is 0.171. The molecule has 1 N–H and O–H groups in total.